The first-order valence-electron chi connectivity index (χ1n) is 6.41. The molecule has 0 aliphatic heterocycles. The summed E-state index contributed by atoms with van der Waals surface area (Å²) in [7, 11) is 0. The fraction of sp³-hybridized carbons (Fsp3) is 0.188. The predicted octanol–water partition coefficient (Wildman–Crippen LogP) is 3.53. The molecule has 4 heteroatoms. The number of hydrogen-bond acceptors (Lipinski definition) is 3. The topological polar surface area (TPSA) is 66.8 Å². The molecule has 2 N–H and O–H groups in total. The highest BCUT2D eigenvalue weighted by Gasteiger charge is 2.03. The predicted molar refractivity (Wildman–Crippen MR) is 77.0 cm³/mol. The van der Waals surface area contributed by atoms with E-state index >= 15 is 0 Å². The molecule has 0 heterocycles. The van der Waals surface area contributed by atoms with Crippen LogP contribution in [-0.2, 0) is 4.79 Å². The Balaban J connectivity index is 1.91. The second-order valence-corrected chi connectivity index (χ2v) is 4.36. The van der Waals surface area contributed by atoms with Gasteiger partial charge in [-0.2, -0.15) is 0 Å². The first-order chi connectivity index (χ1) is 9.68. The molecule has 20 heavy (non-hydrogen) atoms. The van der Waals surface area contributed by atoms with Crippen LogP contribution >= 0.6 is 0 Å². The fourth-order valence-corrected chi connectivity index (χ4v) is 1.91. The van der Waals surface area contributed by atoms with E-state index in [1.54, 1.807) is 0 Å². The lowest BCUT2D eigenvalue weighted by molar-refractivity contribution is -0.135. The maximum atomic E-state index is 10.4. The Labute approximate surface area is 116 Å². The largest absolute Gasteiger partial charge is 0.502 e. The molecular formula is C16H16O4. The smallest absolute Gasteiger partial charge is 0.370 e. The van der Waals surface area contributed by atoms with Crippen LogP contribution in [0.2, 0.25) is 0 Å². The van der Waals surface area contributed by atoms with Gasteiger partial charge in [0.2, 0.25) is 0 Å². The lowest BCUT2D eigenvalue weighted by atomic mass is 10.1. The van der Waals surface area contributed by atoms with E-state index in [2.05, 4.69) is 0 Å². The molecule has 2 aromatic rings. The Morgan fingerprint density at radius 1 is 1.10 bits per heavy atom. The average Bonchev–Trinajstić information content (AvgIpc) is 2.46. The number of carboxylic acid groups (broad SMARTS) is 1. The van der Waals surface area contributed by atoms with Crippen LogP contribution in [-0.4, -0.2) is 22.8 Å². The Kier molecular flexibility index (Phi) is 4.60. The molecule has 2 rings (SSSR count). The monoisotopic (exact) mass is 272 g/mol. The molecule has 0 saturated carbocycles. The van der Waals surface area contributed by atoms with Gasteiger partial charge < -0.3 is 14.9 Å². The van der Waals surface area contributed by atoms with Crippen molar-refractivity contribution in [2.24, 2.45) is 0 Å². The Morgan fingerprint density at radius 3 is 2.65 bits per heavy atom. The zero-order valence-corrected chi connectivity index (χ0v) is 11.0. The van der Waals surface area contributed by atoms with Gasteiger partial charge in [0.25, 0.3) is 0 Å². The van der Waals surface area contributed by atoms with E-state index in [-0.39, 0.29) is 0 Å². The van der Waals surface area contributed by atoms with Gasteiger partial charge in [-0.05, 0) is 30.4 Å². The maximum Gasteiger partial charge on any atom is 0.370 e. The molecule has 0 aliphatic carbocycles. The molecule has 4 nitrogen and oxygen atoms in total. The van der Waals surface area contributed by atoms with Crippen LogP contribution in [0, 0.1) is 0 Å². The zero-order valence-electron chi connectivity index (χ0n) is 11.0. The Morgan fingerprint density at radius 2 is 1.85 bits per heavy atom. The summed E-state index contributed by atoms with van der Waals surface area (Å²) in [6, 6.07) is 13.8. The molecule has 0 amide bonds. The van der Waals surface area contributed by atoms with Crippen molar-refractivity contribution in [1.82, 2.24) is 0 Å². The van der Waals surface area contributed by atoms with E-state index in [0.29, 0.717) is 19.4 Å². The maximum absolute atomic E-state index is 10.4. The van der Waals surface area contributed by atoms with Crippen molar-refractivity contribution < 1.29 is 19.7 Å². The van der Waals surface area contributed by atoms with Gasteiger partial charge in [-0.15, -0.1) is 0 Å². The Bertz CT molecular complexity index is 626. The van der Waals surface area contributed by atoms with Crippen LogP contribution in [0.15, 0.2) is 54.3 Å². The van der Waals surface area contributed by atoms with Crippen molar-refractivity contribution >= 4 is 16.7 Å². The van der Waals surface area contributed by atoms with Crippen molar-refractivity contribution in [3.05, 3.63) is 54.3 Å². The van der Waals surface area contributed by atoms with Gasteiger partial charge in [-0.1, -0.05) is 36.4 Å². The number of unbranched alkanes of at least 4 members (excludes halogenated alkanes) is 1. The third kappa shape index (κ3) is 3.51. The number of hydrogen-bond donors (Lipinski definition) is 2. The van der Waals surface area contributed by atoms with E-state index in [4.69, 9.17) is 14.9 Å². The van der Waals surface area contributed by atoms with Crippen molar-refractivity contribution in [1.29, 1.82) is 0 Å². The third-order valence-corrected chi connectivity index (χ3v) is 2.91. The number of benzene rings is 2. The van der Waals surface area contributed by atoms with Crippen LogP contribution in [0.5, 0.6) is 5.75 Å². The molecular weight excluding hydrogens is 256 g/mol. The summed E-state index contributed by atoms with van der Waals surface area (Å²) in [5, 5.41) is 19.7. The van der Waals surface area contributed by atoms with Crippen LogP contribution in [0.3, 0.4) is 0 Å². The number of aliphatic carboxylic acids is 1. The highest BCUT2D eigenvalue weighted by Crippen LogP contribution is 2.25. The summed E-state index contributed by atoms with van der Waals surface area (Å²) in [5.74, 6) is -1.11. The highest BCUT2D eigenvalue weighted by molar-refractivity contribution is 5.88. The first kappa shape index (κ1) is 13.9. The standard InChI is InChI=1S/C16H16O4/c17-14(16(18)19)9-3-4-11-20-15-10-5-7-12-6-1-2-8-13(12)15/h1-2,5-10,17H,3-4,11H2,(H,18,19). The van der Waals surface area contributed by atoms with Crippen LogP contribution in [0.1, 0.15) is 12.8 Å². The number of rotatable bonds is 6. The van der Waals surface area contributed by atoms with Gasteiger partial charge in [0.1, 0.15) is 5.75 Å². The van der Waals surface area contributed by atoms with E-state index in [1.165, 1.54) is 6.08 Å². The second kappa shape index (κ2) is 6.61. The van der Waals surface area contributed by atoms with Gasteiger partial charge in [0.15, 0.2) is 5.76 Å². The van der Waals surface area contributed by atoms with Crippen LogP contribution in [0.25, 0.3) is 10.8 Å². The molecule has 0 aliphatic rings. The summed E-state index contributed by atoms with van der Waals surface area (Å²) in [5.41, 5.74) is 0. The molecule has 104 valence electrons. The molecule has 2 aromatic carbocycles. The van der Waals surface area contributed by atoms with E-state index in [0.717, 1.165) is 16.5 Å². The van der Waals surface area contributed by atoms with E-state index in [1.807, 2.05) is 42.5 Å². The molecule has 0 bridgehead atoms. The number of carboxylic acids is 1. The Hall–Kier alpha value is -2.49. The van der Waals surface area contributed by atoms with Gasteiger partial charge in [0.05, 0.1) is 6.61 Å². The summed E-state index contributed by atoms with van der Waals surface area (Å²) in [4.78, 5) is 10.4. The number of aliphatic hydroxyl groups excluding tert-OH is 1. The van der Waals surface area contributed by atoms with Gasteiger partial charge >= 0.3 is 5.97 Å². The quantitative estimate of drug-likeness (QED) is 0.479. The minimum atomic E-state index is -1.31. The fourth-order valence-electron chi connectivity index (χ4n) is 1.91. The molecule has 0 unspecified atom stereocenters. The van der Waals surface area contributed by atoms with E-state index in [9.17, 15) is 4.79 Å². The van der Waals surface area contributed by atoms with Crippen LogP contribution in [0.4, 0.5) is 0 Å². The van der Waals surface area contributed by atoms with Crippen molar-refractivity contribution in [2.45, 2.75) is 12.8 Å². The summed E-state index contributed by atoms with van der Waals surface area (Å²) in [6.07, 6.45) is 2.39. The lowest BCUT2D eigenvalue weighted by Gasteiger charge is -2.08. The van der Waals surface area contributed by atoms with Gasteiger partial charge in [-0.25, -0.2) is 4.79 Å². The number of fused-ring (bicyclic) bond motifs is 1. The van der Waals surface area contributed by atoms with Crippen molar-refractivity contribution in [2.75, 3.05) is 6.61 Å². The number of allylic oxidation sites excluding steroid dienone is 1. The highest BCUT2D eigenvalue weighted by atomic mass is 16.5. The molecule has 0 radical (unpaired) electrons. The minimum Gasteiger partial charge on any atom is -0.502 e. The van der Waals surface area contributed by atoms with Crippen molar-refractivity contribution in [3.63, 3.8) is 0 Å². The molecule has 0 saturated heterocycles. The number of aliphatic hydroxyl groups is 1. The van der Waals surface area contributed by atoms with Crippen molar-refractivity contribution in [3.8, 4) is 5.75 Å². The van der Waals surface area contributed by atoms with E-state index < -0.39 is 11.7 Å². The molecule has 0 spiro atoms. The minimum absolute atomic E-state index is 0.461. The third-order valence-electron chi connectivity index (χ3n) is 2.91. The molecule has 0 atom stereocenters. The summed E-state index contributed by atoms with van der Waals surface area (Å²) >= 11 is 0. The molecule has 0 fully saturated rings. The number of ether oxygens (including phenoxy) is 1. The molecule has 0 aromatic heterocycles. The normalized spacial score (nSPS) is 11.5. The van der Waals surface area contributed by atoms with Crippen LogP contribution < -0.4 is 4.74 Å². The first-order valence-corrected chi connectivity index (χ1v) is 6.41. The number of carbonyl (C=O) groups is 1. The SMILES string of the molecule is O=C(O)C(O)=CCCCOc1cccc2ccccc12. The summed E-state index contributed by atoms with van der Waals surface area (Å²) < 4.78 is 5.70. The zero-order chi connectivity index (χ0) is 14.4. The van der Waals surface area contributed by atoms with Gasteiger partial charge in [-0.3, -0.25) is 0 Å². The van der Waals surface area contributed by atoms with Gasteiger partial charge in [0, 0.05) is 5.39 Å². The lowest BCUT2D eigenvalue weighted by Crippen LogP contribution is -2.00. The average molecular weight is 272 g/mol. The summed E-state index contributed by atoms with van der Waals surface area (Å²) in [6.45, 7) is 0.470. The second-order valence-electron chi connectivity index (χ2n) is 4.36.